The molecule has 0 radical (unpaired) electrons. The van der Waals surface area contributed by atoms with Gasteiger partial charge in [-0.3, -0.25) is 4.79 Å². The fraction of sp³-hybridized carbons (Fsp3) is 0.192. The van der Waals surface area contributed by atoms with Crippen LogP contribution in [-0.4, -0.2) is 30.8 Å². The highest BCUT2D eigenvalue weighted by Gasteiger charge is 2.18. The first kappa shape index (κ1) is 26.1. The van der Waals surface area contributed by atoms with Crippen molar-refractivity contribution in [3.63, 3.8) is 0 Å². The number of rotatable bonds is 8. The summed E-state index contributed by atoms with van der Waals surface area (Å²) in [6.45, 7) is 3.84. The Bertz CT molecular complexity index is 1470. The SMILES string of the molecule is CCOC(=O)Oc1cnc(N)c2c(COc3cc(C(=O)Nc4ccc(Cl)c(C)c4)ccc3OC)csc12. The summed E-state index contributed by atoms with van der Waals surface area (Å²) < 4.78 is 22.2. The van der Waals surface area contributed by atoms with E-state index in [1.807, 2.05) is 12.3 Å². The number of thiophene rings is 1. The van der Waals surface area contributed by atoms with Gasteiger partial charge in [-0.1, -0.05) is 11.6 Å². The van der Waals surface area contributed by atoms with E-state index in [0.29, 0.717) is 37.9 Å². The van der Waals surface area contributed by atoms with Gasteiger partial charge in [0.2, 0.25) is 0 Å². The molecule has 0 unspecified atom stereocenters. The molecule has 1 amide bonds. The van der Waals surface area contributed by atoms with E-state index >= 15 is 0 Å². The Labute approximate surface area is 222 Å². The van der Waals surface area contributed by atoms with Crippen LogP contribution in [0.4, 0.5) is 16.3 Å². The number of nitrogens with one attached hydrogen (secondary N) is 1. The summed E-state index contributed by atoms with van der Waals surface area (Å²) in [6.07, 6.45) is 0.554. The summed E-state index contributed by atoms with van der Waals surface area (Å²) in [6, 6.07) is 10.1. The first-order valence-electron chi connectivity index (χ1n) is 11.2. The molecule has 11 heteroatoms. The number of anilines is 2. The largest absolute Gasteiger partial charge is 0.513 e. The lowest BCUT2D eigenvalue weighted by atomic mass is 10.1. The lowest BCUT2D eigenvalue weighted by molar-refractivity contribution is 0.102. The number of benzene rings is 2. The Morgan fingerprint density at radius 3 is 2.68 bits per heavy atom. The Morgan fingerprint density at radius 1 is 1.14 bits per heavy atom. The number of halogens is 1. The molecule has 0 aliphatic heterocycles. The number of nitrogens with two attached hydrogens (primary N) is 1. The molecule has 2 heterocycles. The highest BCUT2D eigenvalue weighted by atomic mass is 35.5. The zero-order valence-electron chi connectivity index (χ0n) is 20.3. The number of methoxy groups -OCH3 is 1. The van der Waals surface area contributed by atoms with Gasteiger partial charge < -0.3 is 30.0 Å². The van der Waals surface area contributed by atoms with E-state index in [-0.39, 0.29) is 30.7 Å². The van der Waals surface area contributed by atoms with E-state index in [1.165, 1.54) is 24.6 Å². The standard InChI is InChI=1S/C26H24ClN3O6S/c1-4-34-26(32)36-21-11-29-24(28)22-16(13-37-23(21)22)12-35-20-10-15(5-8-19(20)33-3)25(31)30-17-6-7-18(27)14(2)9-17/h5-11,13H,4,12H2,1-3H3,(H2,28,29)(H,30,31). The molecule has 3 N–H and O–H groups in total. The van der Waals surface area contributed by atoms with Gasteiger partial charge in [0.15, 0.2) is 17.2 Å². The normalized spacial score (nSPS) is 10.7. The molecule has 0 aliphatic carbocycles. The quantitative estimate of drug-likeness (QED) is 0.252. The number of hydrogen-bond donors (Lipinski definition) is 2. The van der Waals surface area contributed by atoms with Crippen LogP contribution in [0, 0.1) is 6.92 Å². The first-order chi connectivity index (χ1) is 17.8. The molecule has 0 atom stereocenters. The predicted molar refractivity (Wildman–Crippen MR) is 143 cm³/mol. The van der Waals surface area contributed by atoms with E-state index in [9.17, 15) is 9.59 Å². The lowest BCUT2D eigenvalue weighted by Gasteiger charge is -2.13. The zero-order valence-corrected chi connectivity index (χ0v) is 21.9. The summed E-state index contributed by atoms with van der Waals surface area (Å²) in [5.41, 5.74) is 8.71. The molecular weight excluding hydrogens is 518 g/mol. The number of hydrogen-bond acceptors (Lipinski definition) is 9. The summed E-state index contributed by atoms with van der Waals surface area (Å²) >= 11 is 7.41. The fourth-order valence-electron chi connectivity index (χ4n) is 3.54. The van der Waals surface area contributed by atoms with Crippen LogP contribution >= 0.6 is 22.9 Å². The molecule has 4 rings (SSSR count). The van der Waals surface area contributed by atoms with Crippen molar-refractivity contribution in [1.82, 2.24) is 4.98 Å². The number of aryl methyl sites for hydroxylation is 1. The Balaban J connectivity index is 1.55. The van der Waals surface area contributed by atoms with Crippen molar-refractivity contribution in [2.45, 2.75) is 20.5 Å². The molecular formula is C26H24ClN3O6S. The molecule has 37 heavy (non-hydrogen) atoms. The molecule has 0 saturated heterocycles. The Kier molecular flexibility index (Phi) is 8.00. The molecule has 2 aromatic heterocycles. The van der Waals surface area contributed by atoms with E-state index in [2.05, 4.69) is 10.3 Å². The highest BCUT2D eigenvalue weighted by molar-refractivity contribution is 7.17. The molecule has 0 spiro atoms. The van der Waals surface area contributed by atoms with Crippen LogP contribution < -0.4 is 25.3 Å². The number of nitrogen functional groups attached to an aromatic ring is 1. The molecule has 0 aliphatic rings. The van der Waals surface area contributed by atoms with Crippen molar-refractivity contribution in [3.8, 4) is 17.2 Å². The van der Waals surface area contributed by atoms with Crippen molar-refractivity contribution >= 4 is 56.6 Å². The number of carbonyl (C=O) groups is 2. The van der Waals surface area contributed by atoms with Crippen LogP contribution in [0.2, 0.25) is 5.02 Å². The fourth-order valence-corrected chi connectivity index (χ4v) is 4.66. The van der Waals surface area contributed by atoms with Crippen LogP contribution in [0.3, 0.4) is 0 Å². The lowest BCUT2D eigenvalue weighted by Crippen LogP contribution is -2.12. The molecule has 0 fully saturated rings. The monoisotopic (exact) mass is 541 g/mol. The molecule has 0 bridgehead atoms. The third-order valence-corrected chi connectivity index (χ3v) is 6.82. The van der Waals surface area contributed by atoms with E-state index < -0.39 is 6.16 Å². The van der Waals surface area contributed by atoms with E-state index in [1.54, 1.807) is 43.3 Å². The number of pyridine rings is 1. The van der Waals surface area contributed by atoms with Gasteiger partial charge in [0.05, 0.1) is 24.6 Å². The molecule has 2 aromatic carbocycles. The van der Waals surface area contributed by atoms with Gasteiger partial charge >= 0.3 is 6.16 Å². The van der Waals surface area contributed by atoms with Gasteiger partial charge in [-0.15, -0.1) is 11.3 Å². The number of amides is 1. The second-order valence-corrected chi connectivity index (χ2v) is 9.12. The average molecular weight is 542 g/mol. The minimum Gasteiger partial charge on any atom is -0.493 e. The topological polar surface area (TPSA) is 122 Å². The summed E-state index contributed by atoms with van der Waals surface area (Å²) in [5.74, 6) is 1.02. The number of aromatic nitrogens is 1. The Hall–Kier alpha value is -4.02. The number of ether oxygens (including phenoxy) is 4. The maximum atomic E-state index is 12.9. The molecule has 4 aromatic rings. The Morgan fingerprint density at radius 2 is 1.95 bits per heavy atom. The minimum absolute atomic E-state index is 0.104. The second-order valence-electron chi connectivity index (χ2n) is 7.83. The van der Waals surface area contributed by atoms with Crippen LogP contribution in [0.1, 0.15) is 28.4 Å². The maximum Gasteiger partial charge on any atom is 0.513 e. The molecule has 192 valence electrons. The van der Waals surface area contributed by atoms with Gasteiger partial charge in [0.25, 0.3) is 5.91 Å². The average Bonchev–Trinajstić information content (AvgIpc) is 3.32. The van der Waals surface area contributed by atoms with Gasteiger partial charge in [0.1, 0.15) is 12.4 Å². The van der Waals surface area contributed by atoms with Crippen LogP contribution in [0.25, 0.3) is 10.1 Å². The number of nitrogens with zero attached hydrogens (tertiary/aromatic N) is 1. The van der Waals surface area contributed by atoms with E-state index in [0.717, 1.165) is 11.1 Å². The number of fused-ring (bicyclic) bond motifs is 1. The zero-order chi connectivity index (χ0) is 26.5. The van der Waals surface area contributed by atoms with Crippen LogP contribution in [0.5, 0.6) is 17.2 Å². The highest BCUT2D eigenvalue weighted by Crippen LogP contribution is 2.38. The van der Waals surface area contributed by atoms with Gasteiger partial charge in [-0.25, -0.2) is 9.78 Å². The van der Waals surface area contributed by atoms with Crippen molar-refractivity contribution < 1.29 is 28.5 Å². The second kappa shape index (κ2) is 11.4. The van der Waals surface area contributed by atoms with Crippen LogP contribution in [-0.2, 0) is 11.3 Å². The third-order valence-electron chi connectivity index (χ3n) is 5.35. The molecule has 0 saturated carbocycles. The van der Waals surface area contributed by atoms with E-state index in [4.69, 9.17) is 36.3 Å². The molecule has 9 nitrogen and oxygen atoms in total. The van der Waals surface area contributed by atoms with Gasteiger partial charge in [-0.2, -0.15) is 0 Å². The van der Waals surface area contributed by atoms with Crippen molar-refractivity contribution in [1.29, 1.82) is 0 Å². The van der Waals surface area contributed by atoms with Crippen LogP contribution in [0.15, 0.2) is 48.0 Å². The first-order valence-corrected chi connectivity index (χ1v) is 12.4. The van der Waals surface area contributed by atoms with Crippen molar-refractivity contribution in [2.75, 3.05) is 24.8 Å². The maximum absolute atomic E-state index is 12.9. The van der Waals surface area contributed by atoms with Crippen molar-refractivity contribution in [2.24, 2.45) is 0 Å². The van der Waals surface area contributed by atoms with Gasteiger partial charge in [-0.05, 0) is 61.2 Å². The van der Waals surface area contributed by atoms with Crippen molar-refractivity contribution in [3.05, 3.63) is 69.7 Å². The number of carbonyl (C=O) groups excluding carboxylic acids is 2. The third kappa shape index (κ3) is 5.87. The predicted octanol–water partition coefficient (Wildman–Crippen LogP) is 6.22. The van der Waals surface area contributed by atoms with Gasteiger partial charge in [0, 0.05) is 27.2 Å². The summed E-state index contributed by atoms with van der Waals surface area (Å²) in [4.78, 5) is 28.8. The minimum atomic E-state index is -0.824. The summed E-state index contributed by atoms with van der Waals surface area (Å²) in [7, 11) is 1.51. The summed E-state index contributed by atoms with van der Waals surface area (Å²) in [5, 5.41) is 5.92. The smallest absolute Gasteiger partial charge is 0.493 e.